The molecule has 0 aliphatic carbocycles. The molecular weight excluding hydrogens is 242 g/mol. The molecule has 16 heavy (non-hydrogen) atoms. The third kappa shape index (κ3) is 6.99. The largest absolute Gasteiger partial charge is 0.494 e. The molecule has 1 aromatic rings. The summed E-state index contributed by atoms with van der Waals surface area (Å²) in [6.07, 6.45) is 3.19. The Hall–Kier alpha value is -0.380. The van der Waals surface area contributed by atoms with Crippen LogP contribution in [0.5, 0.6) is 5.75 Å². The van der Waals surface area contributed by atoms with Gasteiger partial charge in [-0.2, -0.15) is 12.6 Å². The van der Waals surface area contributed by atoms with E-state index in [0.717, 1.165) is 37.4 Å². The molecule has 0 aromatic heterocycles. The Labute approximate surface area is 109 Å². The second-order valence-corrected chi connectivity index (χ2v) is 3.97. The summed E-state index contributed by atoms with van der Waals surface area (Å²) in [5.74, 6) is 1.70. The van der Waals surface area contributed by atoms with Crippen molar-refractivity contribution in [3.63, 3.8) is 0 Å². The Morgan fingerprint density at radius 3 is 2.50 bits per heavy atom. The highest BCUT2D eigenvalue weighted by atomic mass is 35.5. The van der Waals surface area contributed by atoms with Crippen molar-refractivity contribution >= 4 is 25.0 Å². The summed E-state index contributed by atoms with van der Waals surface area (Å²) < 4.78 is 5.56. The summed E-state index contributed by atoms with van der Waals surface area (Å²) in [6, 6.07) is 10.1. The van der Waals surface area contributed by atoms with E-state index in [1.807, 2.05) is 30.3 Å². The van der Waals surface area contributed by atoms with Crippen LogP contribution < -0.4 is 10.5 Å². The fourth-order valence-electron chi connectivity index (χ4n) is 1.31. The molecule has 2 N–H and O–H groups in total. The van der Waals surface area contributed by atoms with E-state index in [1.54, 1.807) is 0 Å². The Kier molecular flexibility index (Phi) is 9.59. The van der Waals surface area contributed by atoms with Crippen LogP contribution in [0.3, 0.4) is 0 Å². The molecule has 0 unspecified atom stereocenters. The molecule has 92 valence electrons. The van der Waals surface area contributed by atoms with Crippen molar-refractivity contribution in [1.29, 1.82) is 0 Å². The maximum atomic E-state index is 5.75. The van der Waals surface area contributed by atoms with Gasteiger partial charge in [-0.05, 0) is 31.4 Å². The number of ether oxygens (including phenoxy) is 1. The van der Waals surface area contributed by atoms with Crippen LogP contribution in [0, 0.1) is 0 Å². The SMILES string of the molecule is Cl.N[C@@H](CS)CCCCOc1ccccc1. The van der Waals surface area contributed by atoms with E-state index in [4.69, 9.17) is 10.5 Å². The lowest BCUT2D eigenvalue weighted by molar-refractivity contribution is 0.304. The zero-order valence-electron chi connectivity index (χ0n) is 9.34. The standard InChI is InChI=1S/C12H19NOS.ClH/c13-11(10-15)6-4-5-9-14-12-7-2-1-3-8-12;/h1-3,7-8,11,15H,4-6,9-10,13H2;1H/t11-;/m1./s1. The predicted octanol–water partition coefficient (Wildman–Crippen LogP) is 2.91. The quantitative estimate of drug-likeness (QED) is 0.585. The molecule has 0 saturated carbocycles. The Bertz CT molecular complexity index is 258. The number of unbranched alkanes of at least 4 members (excludes halogenated alkanes) is 1. The fraction of sp³-hybridized carbons (Fsp3) is 0.500. The lowest BCUT2D eigenvalue weighted by Crippen LogP contribution is -2.21. The van der Waals surface area contributed by atoms with Gasteiger partial charge in [-0.1, -0.05) is 18.2 Å². The average molecular weight is 262 g/mol. The minimum atomic E-state index is 0. The maximum absolute atomic E-state index is 5.75. The minimum absolute atomic E-state index is 0. The van der Waals surface area contributed by atoms with E-state index in [-0.39, 0.29) is 18.4 Å². The highest BCUT2D eigenvalue weighted by Crippen LogP contribution is 2.09. The molecule has 0 spiro atoms. The second kappa shape index (κ2) is 9.82. The van der Waals surface area contributed by atoms with E-state index in [2.05, 4.69) is 12.6 Å². The lowest BCUT2D eigenvalue weighted by Gasteiger charge is -2.08. The molecule has 2 nitrogen and oxygen atoms in total. The van der Waals surface area contributed by atoms with Gasteiger partial charge in [0.1, 0.15) is 5.75 Å². The van der Waals surface area contributed by atoms with Gasteiger partial charge in [0.05, 0.1) is 6.61 Å². The van der Waals surface area contributed by atoms with Crippen molar-refractivity contribution in [2.75, 3.05) is 12.4 Å². The van der Waals surface area contributed by atoms with Crippen molar-refractivity contribution < 1.29 is 4.74 Å². The predicted molar refractivity (Wildman–Crippen MR) is 74.9 cm³/mol. The number of benzene rings is 1. The number of rotatable bonds is 7. The molecule has 0 saturated heterocycles. The molecule has 0 bridgehead atoms. The number of hydrogen-bond donors (Lipinski definition) is 2. The van der Waals surface area contributed by atoms with Crippen molar-refractivity contribution in [2.24, 2.45) is 5.73 Å². The van der Waals surface area contributed by atoms with E-state index >= 15 is 0 Å². The highest BCUT2D eigenvalue weighted by molar-refractivity contribution is 7.80. The summed E-state index contributed by atoms with van der Waals surface area (Å²) in [6.45, 7) is 0.767. The fourth-order valence-corrected chi connectivity index (χ4v) is 1.49. The van der Waals surface area contributed by atoms with Crippen LogP contribution >= 0.6 is 25.0 Å². The average Bonchev–Trinajstić information content (AvgIpc) is 2.29. The van der Waals surface area contributed by atoms with Crippen LogP contribution in [-0.2, 0) is 0 Å². The van der Waals surface area contributed by atoms with Crippen molar-refractivity contribution in [3.05, 3.63) is 30.3 Å². The van der Waals surface area contributed by atoms with Gasteiger partial charge >= 0.3 is 0 Å². The van der Waals surface area contributed by atoms with Gasteiger partial charge in [-0.3, -0.25) is 0 Å². The van der Waals surface area contributed by atoms with Crippen molar-refractivity contribution in [3.8, 4) is 5.75 Å². The maximum Gasteiger partial charge on any atom is 0.119 e. The van der Waals surface area contributed by atoms with E-state index in [9.17, 15) is 0 Å². The zero-order chi connectivity index (χ0) is 10.9. The third-order valence-electron chi connectivity index (χ3n) is 2.22. The van der Waals surface area contributed by atoms with Gasteiger partial charge in [-0.15, -0.1) is 12.4 Å². The zero-order valence-corrected chi connectivity index (χ0v) is 11.1. The van der Waals surface area contributed by atoms with E-state index < -0.39 is 0 Å². The van der Waals surface area contributed by atoms with Crippen molar-refractivity contribution in [2.45, 2.75) is 25.3 Å². The normalized spacial score (nSPS) is 11.6. The Morgan fingerprint density at radius 2 is 1.88 bits per heavy atom. The summed E-state index contributed by atoms with van der Waals surface area (Å²) in [4.78, 5) is 0. The van der Waals surface area contributed by atoms with E-state index in [1.165, 1.54) is 0 Å². The topological polar surface area (TPSA) is 35.2 Å². The van der Waals surface area contributed by atoms with Gasteiger partial charge in [0.2, 0.25) is 0 Å². The Morgan fingerprint density at radius 1 is 1.19 bits per heavy atom. The van der Waals surface area contributed by atoms with Crippen LogP contribution in [0.2, 0.25) is 0 Å². The summed E-state index contributed by atoms with van der Waals surface area (Å²) in [7, 11) is 0. The lowest BCUT2D eigenvalue weighted by atomic mass is 10.1. The molecule has 1 atom stereocenters. The third-order valence-corrected chi connectivity index (χ3v) is 2.68. The molecule has 0 heterocycles. The summed E-state index contributed by atoms with van der Waals surface area (Å²) in [5, 5.41) is 0. The smallest absolute Gasteiger partial charge is 0.119 e. The molecule has 0 radical (unpaired) electrons. The van der Waals surface area contributed by atoms with Crippen LogP contribution in [0.25, 0.3) is 0 Å². The Balaban J connectivity index is 0.00000225. The molecule has 0 aliphatic rings. The molecular formula is C12H20ClNOS. The second-order valence-electron chi connectivity index (χ2n) is 3.60. The number of halogens is 1. The minimum Gasteiger partial charge on any atom is -0.494 e. The van der Waals surface area contributed by atoms with Gasteiger partial charge in [0.25, 0.3) is 0 Å². The van der Waals surface area contributed by atoms with Crippen LogP contribution in [0.4, 0.5) is 0 Å². The summed E-state index contributed by atoms with van der Waals surface area (Å²) in [5.41, 5.74) is 5.75. The number of para-hydroxylation sites is 1. The van der Waals surface area contributed by atoms with Crippen molar-refractivity contribution in [1.82, 2.24) is 0 Å². The molecule has 4 heteroatoms. The van der Waals surface area contributed by atoms with Gasteiger partial charge < -0.3 is 10.5 Å². The molecule has 0 aliphatic heterocycles. The highest BCUT2D eigenvalue weighted by Gasteiger charge is 1.98. The van der Waals surface area contributed by atoms with Crippen LogP contribution in [0.15, 0.2) is 30.3 Å². The van der Waals surface area contributed by atoms with E-state index in [0.29, 0.717) is 0 Å². The molecule has 1 aromatic carbocycles. The van der Waals surface area contributed by atoms with Gasteiger partial charge in [-0.25, -0.2) is 0 Å². The molecule has 0 fully saturated rings. The van der Waals surface area contributed by atoms with Gasteiger partial charge in [0.15, 0.2) is 0 Å². The monoisotopic (exact) mass is 261 g/mol. The number of nitrogens with two attached hydrogens (primary N) is 1. The van der Waals surface area contributed by atoms with Gasteiger partial charge in [0, 0.05) is 11.8 Å². The van der Waals surface area contributed by atoms with Crippen LogP contribution in [0.1, 0.15) is 19.3 Å². The first kappa shape index (κ1) is 15.6. The number of thiol groups is 1. The first-order valence-corrected chi connectivity index (χ1v) is 6.00. The first-order valence-electron chi connectivity index (χ1n) is 5.37. The molecule has 0 amide bonds. The first-order chi connectivity index (χ1) is 7.33. The summed E-state index contributed by atoms with van der Waals surface area (Å²) >= 11 is 4.14. The molecule has 1 rings (SSSR count). The number of hydrogen-bond acceptors (Lipinski definition) is 3. The van der Waals surface area contributed by atoms with Crippen LogP contribution in [-0.4, -0.2) is 18.4 Å².